The Balaban J connectivity index is 1.73. The molecule has 0 aliphatic carbocycles. The molecule has 2 aliphatic rings. The van der Waals surface area contributed by atoms with Crippen LogP contribution in [0.4, 0.5) is 0 Å². The Morgan fingerprint density at radius 1 is 1.50 bits per heavy atom. The third-order valence-electron chi connectivity index (χ3n) is 4.01. The van der Waals surface area contributed by atoms with Gasteiger partial charge in [-0.15, -0.1) is 0 Å². The Bertz CT molecular complexity index is 496. The van der Waals surface area contributed by atoms with Crippen molar-refractivity contribution in [1.82, 2.24) is 5.32 Å². The summed E-state index contributed by atoms with van der Waals surface area (Å²) in [6.45, 7) is 1.89. The monoisotopic (exact) mass is 277 g/mol. The van der Waals surface area contributed by atoms with Crippen molar-refractivity contribution in [2.45, 2.75) is 12.5 Å². The lowest BCUT2D eigenvalue weighted by Crippen LogP contribution is -2.46. The fraction of sp³-hybridized carbons (Fsp3) is 0.533. The van der Waals surface area contributed by atoms with Gasteiger partial charge >= 0.3 is 0 Å². The summed E-state index contributed by atoms with van der Waals surface area (Å²) < 4.78 is 16.2. The molecule has 0 saturated carbocycles. The van der Waals surface area contributed by atoms with Gasteiger partial charge in [0.15, 0.2) is 0 Å². The van der Waals surface area contributed by atoms with Crippen LogP contribution in [0.25, 0.3) is 0 Å². The van der Waals surface area contributed by atoms with Crippen molar-refractivity contribution in [3.63, 3.8) is 0 Å². The van der Waals surface area contributed by atoms with Gasteiger partial charge < -0.3 is 19.5 Å². The van der Waals surface area contributed by atoms with Crippen molar-refractivity contribution < 1.29 is 19.0 Å². The summed E-state index contributed by atoms with van der Waals surface area (Å²) in [6, 6.07) is 7.70. The van der Waals surface area contributed by atoms with Crippen molar-refractivity contribution in [2.75, 3.05) is 33.5 Å². The van der Waals surface area contributed by atoms with Gasteiger partial charge in [0, 0.05) is 19.3 Å². The lowest BCUT2D eigenvalue weighted by Gasteiger charge is -2.26. The Labute approximate surface area is 118 Å². The van der Waals surface area contributed by atoms with Crippen LogP contribution >= 0.6 is 0 Å². The summed E-state index contributed by atoms with van der Waals surface area (Å²) >= 11 is 0. The van der Waals surface area contributed by atoms with Gasteiger partial charge in [-0.05, 0) is 12.5 Å². The molecule has 1 N–H and O–H groups in total. The first-order valence-corrected chi connectivity index (χ1v) is 6.84. The molecular weight excluding hydrogens is 258 g/mol. The molecule has 20 heavy (non-hydrogen) atoms. The van der Waals surface area contributed by atoms with Crippen LogP contribution in [-0.4, -0.2) is 39.4 Å². The molecule has 3 rings (SSSR count). The summed E-state index contributed by atoms with van der Waals surface area (Å²) in [5.41, 5.74) is 0.471. The minimum Gasteiger partial charge on any atom is -0.491 e. The van der Waals surface area contributed by atoms with E-state index in [0.29, 0.717) is 32.8 Å². The topological polar surface area (TPSA) is 56.8 Å². The zero-order valence-electron chi connectivity index (χ0n) is 11.6. The number of carbonyl (C=O) groups is 1. The molecular formula is C15H19NO4. The Morgan fingerprint density at radius 2 is 2.35 bits per heavy atom. The second-order valence-electron chi connectivity index (χ2n) is 5.39. The molecule has 1 aromatic carbocycles. The highest BCUT2D eigenvalue weighted by Gasteiger charge is 2.43. The largest absolute Gasteiger partial charge is 0.491 e. The first kappa shape index (κ1) is 13.4. The predicted octanol–water partition coefficient (Wildman–Crippen LogP) is 1.29. The van der Waals surface area contributed by atoms with Gasteiger partial charge in [-0.3, -0.25) is 4.79 Å². The number of methoxy groups -OCH3 is 1. The third kappa shape index (κ3) is 2.27. The van der Waals surface area contributed by atoms with Crippen LogP contribution in [0.1, 0.15) is 18.0 Å². The first-order chi connectivity index (χ1) is 9.75. The summed E-state index contributed by atoms with van der Waals surface area (Å²) in [4.78, 5) is 12.6. The zero-order valence-corrected chi connectivity index (χ0v) is 11.6. The smallest absolute Gasteiger partial charge is 0.231 e. The maximum absolute atomic E-state index is 12.6. The van der Waals surface area contributed by atoms with Crippen molar-refractivity contribution in [3.8, 4) is 5.75 Å². The quantitative estimate of drug-likeness (QED) is 0.901. The van der Waals surface area contributed by atoms with Crippen LogP contribution in [-0.2, 0) is 14.3 Å². The van der Waals surface area contributed by atoms with Crippen molar-refractivity contribution in [2.24, 2.45) is 5.41 Å². The lowest BCUT2D eigenvalue weighted by atomic mass is 9.86. The van der Waals surface area contributed by atoms with E-state index in [1.807, 2.05) is 24.3 Å². The number of nitrogens with one attached hydrogen (secondary N) is 1. The second-order valence-corrected chi connectivity index (χ2v) is 5.39. The Hall–Kier alpha value is -1.59. The minimum atomic E-state index is -0.563. The van der Waals surface area contributed by atoms with E-state index in [9.17, 15) is 4.79 Å². The number of carbonyl (C=O) groups excluding carboxylic acids is 1. The van der Waals surface area contributed by atoms with E-state index < -0.39 is 5.41 Å². The third-order valence-corrected chi connectivity index (χ3v) is 4.01. The molecule has 2 aliphatic heterocycles. The molecule has 5 heteroatoms. The lowest BCUT2D eigenvalue weighted by molar-refractivity contribution is -0.135. The molecule has 1 aromatic rings. The van der Waals surface area contributed by atoms with Crippen LogP contribution in [0.2, 0.25) is 0 Å². The second kappa shape index (κ2) is 5.42. The summed E-state index contributed by atoms with van der Waals surface area (Å²) in [6.07, 6.45) is 0.696. The predicted molar refractivity (Wildman–Crippen MR) is 72.6 cm³/mol. The van der Waals surface area contributed by atoms with E-state index in [4.69, 9.17) is 14.2 Å². The van der Waals surface area contributed by atoms with Crippen LogP contribution in [0.5, 0.6) is 5.75 Å². The average molecular weight is 277 g/mol. The van der Waals surface area contributed by atoms with Crippen LogP contribution in [0.3, 0.4) is 0 Å². The van der Waals surface area contributed by atoms with Gasteiger partial charge in [0.05, 0.1) is 24.7 Å². The van der Waals surface area contributed by atoms with Gasteiger partial charge in [-0.1, -0.05) is 18.2 Å². The summed E-state index contributed by atoms with van der Waals surface area (Å²) in [5, 5.41) is 3.08. The Morgan fingerprint density at radius 3 is 3.10 bits per heavy atom. The highest BCUT2D eigenvalue weighted by molar-refractivity contribution is 5.84. The molecule has 0 bridgehead atoms. The van der Waals surface area contributed by atoms with Gasteiger partial charge in [0.2, 0.25) is 5.91 Å². The fourth-order valence-electron chi connectivity index (χ4n) is 2.84. The molecule has 1 saturated heterocycles. The van der Waals surface area contributed by atoms with E-state index in [1.165, 1.54) is 0 Å². The molecule has 1 amide bonds. The van der Waals surface area contributed by atoms with Crippen LogP contribution < -0.4 is 10.1 Å². The van der Waals surface area contributed by atoms with Crippen LogP contribution in [0, 0.1) is 5.41 Å². The number of fused-ring (bicyclic) bond motifs is 1. The highest BCUT2D eigenvalue weighted by atomic mass is 16.5. The van der Waals surface area contributed by atoms with Crippen molar-refractivity contribution in [1.29, 1.82) is 0 Å². The molecule has 0 radical (unpaired) electrons. The van der Waals surface area contributed by atoms with Crippen LogP contribution in [0.15, 0.2) is 24.3 Å². The summed E-state index contributed by atoms with van der Waals surface area (Å²) in [5.74, 6) is 0.836. The number of hydrogen-bond acceptors (Lipinski definition) is 4. The maximum Gasteiger partial charge on any atom is 0.231 e. The standard InChI is InChI=1S/C15H19NO4/c1-18-9-15(6-7-19-10-15)14(17)16-12-8-20-13-5-3-2-4-11(12)13/h2-5,12H,6-10H2,1H3,(H,16,17)/t12-,15-/m1/s1. The number of ether oxygens (including phenoxy) is 3. The molecule has 5 nitrogen and oxygen atoms in total. The molecule has 2 atom stereocenters. The molecule has 2 heterocycles. The highest BCUT2D eigenvalue weighted by Crippen LogP contribution is 2.34. The molecule has 108 valence electrons. The normalized spacial score (nSPS) is 27.9. The van der Waals surface area contributed by atoms with Gasteiger partial charge in [0.1, 0.15) is 12.4 Å². The van der Waals surface area contributed by atoms with Gasteiger partial charge in [0.25, 0.3) is 0 Å². The molecule has 0 aromatic heterocycles. The first-order valence-electron chi connectivity index (χ1n) is 6.84. The average Bonchev–Trinajstić information content (AvgIpc) is 3.08. The molecule has 0 spiro atoms. The number of rotatable bonds is 4. The zero-order chi connectivity index (χ0) is 14.0. The van der Waals surface area contributed by atoms with Crippen molar-refractivity contribution in [3.05, 3.63) is 29.8 Å². The molecule has 0 unspecified atom stereocenters. The van der Waals surface area contributed by atoms with Gasteiger partial charge in [-0.25, -0.2) is 0 Å². The van der Waals surface area contributed by atoms with E-state index in [1.54, 1.807) is 7.11 Å². The van der Waals surface area contributed by atoms with E-state index in [0.717, 1.165) is 11.3 Å². The number of amides is 1. The van der Waals surface area contributed by atoms with E-state index in [2.05, 4.69) is 5.32 Å². The van der Waals surface area contributed by atoms with E-state index in [-0.39, 0.29) is 11.9 Å². The number of benzene rings is 1. The number of para-hydroxylation sites is 1. The van der Waals surface area contributed by atoms with E-state index >= 15 is 0 Å². The minimum absolute atomic E-state index is 0.0119. The van der Waals surface area contributed by atoms with Gasteiger partial charge in [-0.2, -0.15) is 0 Å². The molecule has 1 fully saturated rings. The SMILES string of the molecule is COC[C@]1(C(=O)N[C@@H]2COc3ccccc32)CCOC1. The van der Waals surface area contributed by atoms with Crippen molar-refractivity contribution >= 4 is 5.91 Å². The Kier molecular flexibility index (Phi) is 3.63. The fourth-order valence-corrected chi connectivity index (χ4v) is 2.84. The summed E-state index contributed by atoms with van der Waals surface area (Å²) in [7, 11) is 1.61. The maximum atomic E-state index is 12.6. The number of hydrogen-bond donors (Lipinski definition) is 1.